The average Bonchev–Trinajstić information content (AvgIpc) is 2.77. The minimum absolute atomic E-state index is 0.0587. The van der Waals surface area contributed by atoms with Gasteiger partial charge in [-0.1, -0.05) is 6.07 Å². The van der Waals surface area contributed by atoms with Crippen LogP contribution in [0.4, 0.5) is 9.93 Å². The van der Waals surface area contributed by atoms with E-state index in [2.05, 4.69) is 15.3 Å². The van der Waals surface area contributed by atoms with Crippen LogP contribution in [0.25, 0.3) is 11.4 Å². The van der Waals surface area contributed by atoms with Gasteiger partial charge in [0.1, 0.15) is 17.0 Å². The van der Waals surface area contributed by atoms with Gasteiger partial charge in [0.15, 0.2) is 5.13 Å². The first-order chi connectivity index (χ1) is 10.7. The third-order valence-electron chi connectivity index (χ3n) is 2.62. The van der Waals surface area contributed by atoms with E-state index in [0.717, 1.165) is 4.88 Å². The lowest BCUT2D eigenvalue weighted by atomic mass is 10.2. The van der Waals surface area contributed by atoms with Gasteiger partial charge in [0.05, 0.1) is 5.69 Å². The number of thiazole rings is 1. The molecule has 0 radical (unpaired) electrons. The molecular weight excluding hydrogens is 318 g/mol. The molecule has 0 aliphatic carbocycles. The van der Waals surface area contributed by atoms with Crippen molar-refractivity contribution in [2.24, 2.45) is 0 Å². The topological polar surface area (TPSA) is 101 Å². The number of anilines is 1. The van der Waals surface area contributed by atoms with Gasteiger partial charge in [-0.25, -0.2) is 19.6 Å². The van der Waals surface area contributed by atoms with Crippen LogP contribution in [0.2, 0.25) is 0 Å². The van der Waals surface area contributed by atoms with E-state index in [-0.39, 0.29) is 5.69 Å². The number of hydrogen-bond donors (Lipinski definition) is 2. The lowest BCUT2D eigenvalue weighted by Crippen LogP contribution is -2.27. The molecule has 0 saturated heterocycles. The summed E-state index contributed by atoms with van der Waals surface area (Å²) >= 11 is 1.27. The molecule has 2 aromatic heterocycles. The molecule has 122 valence electrons. The number of aromatic nitrogens is 2. The fourth-order valence-corrected chi connectivity index (χ4v) is 2.57. The zero-order valence-corrected chi connectivity index (χ0v) is 14.0. The Morgan fingerprint density at radius 3 is 2.57 bits per heavy atom. The zero-order chi connectivity index (χ0) is 17.2. The van der Waals surface area contributed by atoms with Gasteiger partial charge in [0.25, 0.3) is 0 Å². The summed E-state index contributed by atoms with van der Waals surface area (Å²) in [5.41, 5.74) is 0.313. The summed E-state index contributed by atoms with van der Waals surface area (Å²) < 4.78 is 5.17. The number of carbonyl (C=O) groups excluding carboxylic acids is 1. The van der Waals surface area contributed by atoms with E-state index >= 15 is 0 Å². The lowest BCUT2D eigenvalue weighted by molar-refractivity contribution is 0.0634. The summed E-state index contributed by atoms with van der Waals surface area (Å²) in [6.45, 7) is 7.13. The van der Waals surface area contributed by atoms with Crippen molar-refractivity contribution in [3.05, 3.63) is 28.8 Å². The van der Waals surface area contributed by atoms with Gasteiger partial charge in [-0.2, -0.15) is 0 Å². The van der Waals surface area contributed by atoms with E-state index in [4.69, 9.17) is 9.84 Å². The third kappa shape index (κ3) is 4.49. The Morgan fingerprint density at radius 2 is 1.96 bits per heavy atom. The highest BCUT2D eigenvalue weighted by Gasteiger charge is 2.19. The summed E-state index contributed by atoms with van der Waals surface area (Å²) in [4.78, 5) is 31.9. The second-order valence-corrected chi connectivity index (χ2v) is 6.97. The molecule has 0 atom stereocenters. The van der Waals surface area contributed by atoms with Crippen molar-refractivity contribution in [1.29, 1.82) is 0 Å². The molecular formula is C15H17N3O4S. The van der Waals surface area contributed by atoms with Crippen LogP contribution in [0.3, 0.4) is 0 Å². The zero-order valence-electron chi connectivity index (χ0n) is 13.2. The van der Waals surface area contributed by atoms with E-state index in [1.807, 2.05) is 6.92 Å². The molecule has 2 rings (SSSR count). The number of carboxylic acid groups (broad SMARTS) is 1. The Hall–Kier alpha value is -2.48. The van der Waals surface area contributed by atoms with Crippen LogP contribution in [-0.4, -0.2) is 32.7 Å². The predicted octanol–water partition coefficient (Wildman–Crippen LogP) is 3.56. The van der Waals surface area contributed by atoms with E-state index < -0.39 is 17.7 Å². The van der Waals surface area contributed by atoms with Crippen LogP contribution < -0.4 is 5.32 Å². The van der Waals surface area contributed by atoms with Gasteiger partial charge in [-0.05, 0) is 39.8 Å². The second-order valence-electron chi connectivity index (χ2n) is 5.76. The maximum absolute atomic E-state index is 11.8. The average molecular weight is 335 g/mol. The quantitative estimate of drug-likeness (QED) is 0.889. The third-order valence-corrected chi connectivity index (χ3v) is 3.50. The Labute approximate surface area is 137 Å². The summed E-state index contributed by atoms with van der Waals surface area (Å²) in [6.07, 6.45) is -0.593. The fraction of sp³-hybridized carbons (Fsp3) is 0.333. The summed E-state index contributed by atoms with van der Waals surface area (Å²) in [5.74, 6) is -1.10. The number of nitrogens with zero attached hydrogens (tertiary/aromatic N) is 2. The van der Waals surface area contributed by atoms with Gasteiger partial charge < -0.3 is 9.84 Å². The van der Waals surface area contributed by atoms with E-state index in [9.17, 15) is 9.59 Å². The summed E-state index contributed by atoms with van der Waals surface area (Å²) in [6, 6.07) is 4.69. The molecule has 0 aliphatic heterocycles. The molecule has 2 aromatic rings. The number of hydrogen-bond acceptors (Lipinski definition) is 6. The number of rotatable bonds is 3. The van der Waals surface area contributed by atoms with Gasteiger partial charge in [-0.3, -0.25) is 5.32 Å². The molecule has 1 amide bonds. The molecule has 2 heterocycles. The highest BCUT2D eigenvalue weighted by Crippen LogP contribution is 2.29. The minimum atomic E-state index is -1.10. The predicted molar refractivity (Wildman–Crippen MR) is 86.9 cm³/mol. The smallest absolute Gasteiger partial charge is 0.413 e. The summed E-state index contributed by atoms with van der Waals surface area (Å²) in [7, 11) is 0. The van der Waals surface area contributed by atoms with Gasteiger partial charge in [0, 0.05) is 4.88 Å². The van der Waals surface area contributed by atoms with Crippen LogP contribution in [-0.2, 0) is 4.74 Å². The molecule has 0 saturated carbocycles. The molecule has 2 N–H and O–H groups in total. The molecule has 23 heavy (non-hydrogen) atoms. The Bertz CT molecular complexity index is 749. The summed E-state index contributed by atoms with van der Waals surface area (Å²) in [5, 5.41) is 11.9. The first-order valence-electron chi connectivity index (χ1n) is 6.84. The van der Waals surface area contributed by atoms with Gasteiger partial charge in [-0.15, -0.1) is 11.3 Å². The van der Waals surface area contributed by atoms with Crippen molar-refractivity contribution in [3.8, 4) is 11.4 Å². The number of carbonyl (C=O) groups is 2. The highest BCUT2D eigenvalue weighted by atomic mass is 32.1. The van der Waals surface area contributed by atoms with Crippen molar-refractivity contribution in [3.63, 3.8) is 0 Å². The van der Waals surface area contributed by atoms with Crippen LogP contribution >= 0.6 is 11.3 Å². The standard InChI is InChI=1S/C15H17N3O4S/c1-8-11(9-6-5-7-10(16-9)12(19)20)17-13(23-8)18-14(21)22-15(2,3)4/h5-7H,1-4H3,(H,19,20)(H,17,18,21). The van der Waals surface area contributed by atoms with Crippen molar-refractivity contribution >= 4 is 28.5 Å². The normalized spacial score (nSPS) is 11.1. The Morgan fingerprint density at radius 1 is 1.26 bits per heavy atom. The first-order valence-corrected chi connectivity index (χ1v) is 7.65. The number of carboxylic acids is 1. The van der Waals surface area contributed by atoms with Crippen LogP contribution in [0.5, 0.6) is 0 Å². The number of pyridine rings is 1. The van der Waals surface area contributed by atoms with E-state index in [1.165, 1.54) is 17.4 Å². The maximum Gasteiger partial charge on any atom is 0.413 e. The van der Waals surface area contributed by atoms with Crippen LogP contribution in [0, 0.1) is 6.92 Å². The molecule has 0 bridgehead atoms. The SMILES string of the molecule is Cc1sc(NC(=O)OC(C)(C)C)nc1-c1cccc(C(=O)O)n1. The van der Waals surface area contributed by atoms with Crippen molar-refractivity contribution < 1.29 is 19.4 Å². The van der Waals surface area contributed by atoms with Crippen molar-refractivity contribution in [2.75, 3.05) is 5.32 Å². The fourth-order valence-electron chi connectivity index (χ4n) is 1.76. The first kappa shape index (κ1) is 16.9. The molecule has 0 aliphatic rings. The van der Waals surface area contributed by atoms with Crippen molar-refractivity contribution in [1.82, 2.24) is 9.97 Å². The number of aryl methyl sites for hydroxylation is 1. The van der Waals surface area contributed by atoms with Gasteiger partial charge >= 0.3 is 12.1 Å². The van der Waals surface area contributed by atoms with E-state index in [1.54, 1.807) is 32.9 Å². The van der Waals surface area contributed by atoms with E-state index in [0.29, 0.717) is 16.5 Å². The van der Waals surface area contributed by atoms with Crippen LogP contribution in [0.15, 0.2) is 18.2 Å². The molecule has 0 fully saturated rings. The monoisotopic (exact) mass is 335 g/mol. The molecule has 0 unspecified atom stereocenters. The number of ether oxygens (including phenoxy) is 1. The molecule has 0 aromatic carbocycles. The minimum Gasteiger partial charge on any atom is -0.477 e. The Kier molecular flexibility index (Phi) is 4.65. The Balaban J connectivity index is 2.23. The number of aromatic carboxylic acids is 1. The molecule has 0 spiro atoms. The number of nitrogens with one attached hydrogen (secondary N) is 1. The maximum atomic E-state index is 11.8. The highest BCUT2D eigenvalue weighted by molar-refractivity contribution is 7.16. The van der Waals surface area contributed by atoms with Crippen LogP contribution in [0.1, 0.15) is 36.1 Å². The van der Waals surface area contributed by atoms with Gasteiger partial charge in [0.2, 0.25) is 0 Å². The van der Waals surface area contributed by atoms with Crippen molar-refractivity contribution in [2.45, 2.75) is 33.3 Å². The molecule has 7 nitrogen and oxygen atoms in total. The second kappa shape index (κ2) is 6.33. The molecule has 8 heteroatoms. The lowest BCUT2D eigenvalue weighted by Gasteiger charge is -2.18. The number of amides is 1. The largest absolute Gasteiger partial charge is 0.477 e.